The Kier molecular flexibility index (Phi) is 4.22. The lowest BCUT2D eigenvalue weighted by atomic mass is 9.71. The highest BCUT2D eigenvalue weighted by atomic mass is 16.5. The molecule has 0 aliphatic carbocycles. The molecule has 130 valence electrons. The number of anilines is 1. The molecule has 1 N–H and O–H groups in total. The molecule has 1 spiro atoms. The summed E-state index contributed by atoms with van der Waals surface area (Å²) >= 11 is 0. The molecule has 0 saturated carbocycles. The van der Waals surface area contributed by atoms with E-state index in [1.54, 1.807) is 7.11 Å². The Bertz CT molecular complexity index is 779. The van der Waals surface area contributed by atoms with Gasteiger partial charge in [0.25, 0.3) is 0 Å². The highest BCUT2D eigenvalue weighted by molar-refractivity contribution is 5.98. The van der Waals surface area contributed by atoms with Gasteiger partial charge in [0, 0.05) is 12.2 Å². The van der Waals surface area contributed by atoms with Crippen LogP contribution in [0.2, 0.25) is 0 Å². The first-order valence-electron chi connectivity index (χ1n) is 8.93. The van der Waals surface area contributed by atoms with E-state index in [4.69, 9.17) is 4.74 Å². The van der Waals surface area contributed by atoms with E-state index in [1.807, 2.05) is 24.3 Å². The Morgan fingerprint density at radius 1 is 1.12 bits per heavy atom. The molecule has 2 heterocycles. The molecule has 2 aromatic carbocycles. The van der Waals surface area contributed by atoms with Crippen LogP contribution >= 0.6 is 0 Å². The number of para-hydroxylation sites is 1. The third-order valence-electron chi connectivity index (χ3n) is 5.63. The number of hydrogen-bond acceptors (Lipinski definition) is 3. The second kappa shape index (κ2) is 6.52. The first-order chi connectivity index (χ1) is 12.2. The SMILES string of the molecule is COc1cccc(CN2CCC3(CC2)Cc2ccccc2NC3=O)c1. The molecule has 4 rings (SSSR count). The summed E-state index contributed by atoms with van der Waals surface area (Å²) in [5, 5.41) is 3.13. The predicted octanol–water partition coefficient (Wildman–Crippen LogP) is 3.47. The molecular formula is C21H24N2O2. The van der Waals surface area contributed by atoms with Gasteiger partial charge in [-0.05, 0) is 61.7 Å². The van der Waals surface area contributed by atoms with Gasteiger partial charge < -0.3 is 10.1 Å². The van der Waals surface area contributed by atoms with Crippen LogP contribution in [0.1, 0.15) is 24.0 Å². The lowest BCUT2D eigenvalue weighted by Gasteiger charge is -2.43. The molecule has 4 heteroatoms. The van der Waals surface area contributed by atoms with E-state index >= 15 is 0 Å². The third-order valence-corrected chi connectivity index (χ3v) is 5.63. The van der Waals surface area contributed by atoms with E-state index in [1.165, 1.54) is 11.1 Å². The lowest BCUT2D eigenvalue weighted by molar-refractivity contribution is -0.129. The predicted molar refractivity (Wildman–Crippen MR) is 98.7 cm³/mol. The fraction of sp³-hybridized carbons (Fsp3) is 0.381. The van der Waals surface area contributed by atoms with Crippen molar-refractivity contribution in [2.75, 3.05) is 25.5 Å². The van der Waals surface area contributed by atoms with Gasteiger partial charge in [0.2, 0.25) is 5.91 Å². The van der Waals surface area contributed by atoms with Crippen LogP contribution in [0.3, 0.4) is 0 Å². The van der Waals surface area contributed by atoms with Crippen molar-refractivity contribution in [1.29, 1.82) is 0 Å². The summed E-state index contributed by atoms with van der Waals surface area (Å²) in [6.45, 7) is 2.81. The molecule has 0 bridgehead atoms. The van der Waals surface area contributed by atoms with E-state index in [0.717, 1.165) is 50.3 Å². The van der Waals surface area contributed by atoms with Gasteiger partial charge >= 0.3 is 0 Å². The zero-order valence-corrected chi connectivity index (χ0v) is 14.6. The van der Waals surface area contributed by atoms with Crippen molar-refractivity contribution in [2.24, 2.45) is 5.41 Å². The number of nitrogens with one attached hydrogen (secondary N) is 1. The van der Waals surface area contributed by atoms with Crippen LogP contribution in [0.5, 0.6) is 5.75 Å². The maximum Gasteiger partial charge on any atom is 0.231 e. The first-order valence-corrected chi connectivity index (χ1v) is 8.93. The summed E-state index contributed by atoms with van der Waals surface area (Å²) in [5.74, 6) is 1.10. The molecule has 2 aliphatic rings. The van der Waals surface area contributed by atoms with Gasteiger partial charge in [-0.15, -0.1) is 0 Å². The fourth-order valence-corrected chi connectivity index (χ4v) is 4.07. The van der Waals surface area contributed by atoms with Crippen molar-refractivity contribution >= 4 is 11.6 Å². The van der Waals surface area contributed by atoms with Gasteiger partial charge in [-0.25, -0.2) is 0 Å². The Hall–Kier alpha value is -2.33. The summed E-state index contributed by atoms with van der Waals surface area (Å²) < 4.78 is 5.31. The normalized spacial score (nSPS) is 19.3. The first kappa shape index (κ1) is 16.2. The number of benzene rings is 2. The van der Waals surface area contributed by atoms with Crippen molar-refractivity contribution in [3.63, 3.8) is 0 Å². The van der Waals surface area contributed by atoms with Gasteiger partial charge in [-0.2, -0.15) is 0 Å². The third kappa shape index (κ3) is 3.14. The zero-order chi connectivity index (χ0) is 17.3. The number of rotatable bonds is 3. The van der Waals surface area contributed by atoms with Crippen molar-refractivity contribution < 1.29 is 9.53 Å². The Labute approximate surface area is 148 Å². The highest BCUT2D eigenvalue weighted by Gasteiger charge is 2.44. The quantitative estimate of drug-likeness (QED) is 0.933. The summed E-state index contributed by atoms with van der Waals surface area (Å²) in [6.07, 6.45) is 2.69. The monoisotopic (exact) mass is 336 g/mol. The number of piperidine rings is 1. The van der Waals surface area contributed by atoms with Crippen LogP contribution in [-0.4, -0.2) is 31.0 Å². The Morgan fingerprint density at radius 2 is 1.92 bits per heavy atom. The number of nitrogens with zero attached hydrogens (tertiary/aromatic N) is 1. The molecule has 2 aliphatic heterocycles. The molecule has 1 saturated heterocycles. The second-order valence-electron chi connectivity index (χ2n) is 7.20. The zero-order valence-electron chi connectivity index (χ0n) is 14.6. The molecule has 0 unspecified atom stereocenters. The molecule has 25 heavy (non-hydrogen) atoms. The van der Waals surface area contributed by atoms with Crippen LogP contribution < -0.4 is 10.1 Å². The number of likely N-dealkylation sites (tertiary alicyclic amines) is 1. The van der Waals surface area contributed by atoms with Crippen molar-refractivity contribution in [2.45, 2.75) is 25.8 Å². The minimum Gasteiger partial charge on any atom is -0.497 e. The second-order valence-corrected chi connectivity index (χ2v) is 7.20. The number of hydrogen-bond donors (Lipinski definition) is 1. The Balaban J connectivity index is 1.43. The van der Waals surface area contributed by atoms with Crippen LogP contribution in [0.15, 0.2) is 48.5 Å². The number of ether oxygens (including phenoxy) is 1. The summed E-state index contributed by atoms with van der Waals surface area (Å²) in [6, 6.07) is 16.4. The minimum absolute atomic E-state index is 0.201. The molecule has 4 nitrogen and oxygen atoms in total. The van der Waals surface area contributed by atoms with Gasteiger partial charge in [-0.3, -0.25) is 9.69 Å². The van der Waals surface area contributed by atoms with Gasteiger partial charge in [0.15, 0.2) is 0 Å². The maximum absolute atomic E-state index is 12.7. The lowest BCUT2D eigenvalue weighted by Crippen LogP contribution is -2.49. The van der Waals surface area contributed by atoms with Crippen LogP contribution in [-0.2, 0) is 17.8 Å². The Morgan fingerprint density at radius 3 is 2.72 bits per heavy atom. The number of methoxy groups -OCH3 is 1. The van der Waals surface area contributed by atoms with Crippen LogP contribution in [0.4, 0.5) is 5.69 Å². The number of amides is 1. The standard InChI is InChI=1S/C21H24N2O2/c1-25-18-7-4-5-16(13-18)15-23-11-9-21(10-12-23)14-17-6-2-3-8-19(17)22-20(21)24/h2-8,13H,9-12,14-15H2,1H3,(H,22,24). The summed E-state index contributed by atoms with van der Waals surface area (Å²) in [4.78, 5) is 15.2. The van der Waals surface area contributed by atoms with Crippen LogP contribution in [0, 0.1) is 5.41 Å². The average molecular weight is 336 g/mol. The van der Waals surface area contributed by atoms with E-state index < -0.39 is 0 Å². The van der Waals surface area contributed by atoms with Gasteiger partial charge in [0.05, 0.1) is 12.5 Å². The molecular weight excluding hydrogens is 312 g/mol. The van der Waals surface area contributed by atoms with Crippen molar-refractivity contribution in [3.05, 3.63) is 59.7 Å². The fourth-order valence-electron chi connectivity index (χ4n) is 4.07. The van der Waals surface area contributed by atoms with E-state index in [2.05, 4.69) is 34.5 Å². The number of carbonyl (C=O) groups excluding carboxylic acids is 1. The largest absolute Gasteiger partial charge is 0.497 e. The number of fused-ring (bicyclic) bond motifs is 1. The van der Waals surface area contributed by atoms with Gasteiger partial charge in [0.1, 0.15) is 5.75 Å². The molecule has 0 radical (unpaired) electrons. The topological polar surface area (TPSA) is 41.6 Å². The molecule has 0 aromatic heterocycles. The molecule has 1 amide bonds. The van der Waals surface area contributed by atoms with Crippen molar-refractivity contribution in [1.82, 2.24) is 4.90 Å². The average Bonchev–Trinajstić information content (AvgIpc) is 2.65. The smallest absolute Gasteiger partial charge is 0.231 e. The molecule has 2 aromatic rings. The van der Waals surface area contributed by atoms with E-state index in [9.17, 15) is 4.79 Å². The minimum atomic E-state index is -0.237. The summed E-state index contributed by atoms with van der Waals surface area (Å²) in [5.41, 5.74) is 3.27. The van der Waals surface area contributed by atoms with E-state index in [0.29, 0.717) is 0 Å². The van der Waals surface area contributed by atoms with Crippen molar-refractivity contribution in [3.8, 4) is 5.75 Å². The van der Waals surface area contributed by atoms with Crippen LogP contribution in [0.25, 0.3) is 0 Å². The number of carbonyl (C=O) groups is 1. The van der Waals surface area contributed by atoms with Gasteiger partial charge in [-0.1, -0.05) is 30.3 Å². The molecule has 0 atom stereocenters. The highest BCUT2D eigenvalue weighted by Crippen LogP contribution is 2.41. The maximum atomic E-state index is 12.7. The van der Waals surface area contributed by atoms with E-state index in [-0.39, 0.29) is 11.3 Å². The summed E-state index contributed by atoms with van der Waals surface area (Å²) in [7, 11) is 1.70. The molecule has 1 fully saturated rings.